The number of likely N-dealkylation sites (N-methyl/N-ethyl adjacent to an activating group) is 1. The first-order chi connectivity index (χ1) is 12.2. The molecule has 1 amide bonds. The first-order valence-electron chi connectivity index (χ1n) is 7.98. The Morgan fingerprint density at radius 3 is 2.27 bits per heavy atom. The van der Waals surface area contributed by atoms with Crippen molar-refractivity contribution in [3.8, 4) is 5.75 Å². The van der Waals surface area contributed by atoms with E-state index in [-0.39, 0.29) is 23.6 Å². The van der Waals surface area contributed by atoms with Crippen LogP contribution < -0.4 is 15.4 Å². The standard InChI is InChI=1S/C19H23N3O4/c1-21(2)18(23)9-12-5-6-14(11-17(12)26-4)22(3)13-7-8-16(20)15(10-13)19(24)25/h5-8,10-11H,9,20H2,1-4H3,(H,24,25). The minimum absolute atomic E-state index is 0.0194. The van der Waals surface area contributed by atoms with E-state index < -0.39 is 5.97 Å². The summed E-state index contributed by atoms with van der Waals surface area (Å²) in [6, 6.07) is 10.3. The van der Waals surface area contributed by atoms with Gasteiger partial charge in [0.05, 0.1) is 19.1 Å². The summed E-state index contributed by atoms with van der Waals surface area (Å²) in [6.45, 7) is 0. The monoisotopic (exact) mass is 357 g/mol. The topological polar surface area (TPSA) is 96.1 Å². The van der Waals surface area contributed by atoms with Gasteiger partial charge in [0.2, 0.25) is 5.91 Å². The van der Waals surface area contributed by atoms with E-state index in [4.69, 9.17) is 10.5 Å². The van der Waals surface area contributed by atoms with Crippen LogP contribution in [0.15, 0.2) is 36.4 Å². The fraction of sp³-hybridized carbons (Fsp3) is 0.263. The van der Waals surface area contributed by atoms with Gasteiger partial charge in [0.1, 0.15) is 5.75 Å². The molecule has 26 heavy (non-hydrogen) atoms. The number of amides is 1. The molecule has 0 bridgehead atoms. The van der Waals surface area contributed by atoms with Crippen molar-refractivity contribution in [3.63, 3.8) is 0 Å². The molecule has 7 nitrogen and oxygen atoms in total. The van der Waals surface area contributed by atoms with E-state index in [1.54, 1.807) is 33.3 Å². The predicted molar refractivity (Wildman–Crippen MR) is 101 cm³/mol. The highest BCUT2D eigenvalue weighted by Crippen LogP contribution is 2.31. The van der Waals surface area contributed by atoms with Crippen molar-refractivity contribution in [1.29, 1.82) is 0 Å². The summed E-state index contributed by atoms with van der Waals surface area (Å²) in [5, 5.41) is 9.24. The van der Waals surface area contributed by atoms with Crippen LogP contribution in [0.5, 0.6) is 5.75 Å². The van der Waals surface area contributed by atoms with Gasteiger partial charge in [-0.15, -0.1) is 0 Å². The number of hydrogen-bond acceptors (Lipinski definition) is 5. The Morgan fingerprint density at radius 2 is 1.69 bits per heavy atom. The second-order valence-electron chi connectivity index (χ2n) is 6.10. The molecule has 7 heteroatoms. The van der Waals surface area contributed by atoms with Crippen LogP contribution in [-0.2, 0) is 11.2 Å². The third kappa shape index (κ3) is 4.05. The Hall–Kier alpha value is -3.22. The van der Waals surface area contributed by atoms with Gasteiger partial charge in [0.25, 0.3) is 0 Å². The Balaban J connectivity index is 2.35. The van der Waals surface area contributed by atoms with Crippen LogP contribution in [0.1, 0.15) is 15.9 Å². The molecule has 0 atom stereocenters. The van der Waals surface area contributed by atoms with Crippen LogP contribution in [0.3, 0.4) is 0 Å². The lowest BCUT2D eigenvalue weighted by Crippen LogP contribution is -2.23. The van der Waals surface area contributed by atoms with Gasteiger partial charge in [-0.1, -0.05) is 6.07 Å². The summed E-state index contributed by atoms with van der Waals surface area (Å²) in [5.74, 6) is -0.500. The van der Waals surface area contributed by atoms with Gasteiger partial charge in [-0.2, -0.15) is 0 Å². The average molecular weight is 357 g/mol. The molecule has 138 valence electrons. The maximum atomic E-state index is 11.9. The third-order valence-electron chi connectivity index (χ3n) is 4.15. The molecule has 0 spiro atoms. The third-order valence-corrected chi connectivity index (χ3v) is 4.15. The molecule has 2 aromatic carbocycles. The van der Waals surface area contributed by atoms with Crippen molar-refractivity contribution in [2.24, 2.45) is 0 Å². The van der Waals surface area contributed by atoms with Gasteiger partial charge in [0, 0.05) is 49.8 Å². The highest BCUT2D eigenvalue weighted by molar-refractivity contribution is 5.95. The van der Waals surface area contributed by atoms with E-state index >= 15 is 0 Å². The highest BCUT2D eigenvalue weighted by atomic mass is 16.5. The summed E-state index contributed by atoms with van der Waals surface area (Å²) in [7, 11) is 6.78. The van der Waals surface area contributed by atoms with E-state index in [1.807, 2.05) is 30.1 Å². The number of rotatable bonds is 6. The molecule has 2 rings (SSSR count). The van der Waals surface area contributed by atoms with E-state index in [0.717, 1.165) is 11.3 Å². The maximum Gasteiger partial charge on any atom is 0.337 e. The number of carboxylic acid groups (broad SMARTS) is 1. The van der Waals surface area contributed by atoms with E-state index in [1.165, 1.54) is 11.0 Å². The Morgan fingerprint density at radius 1 is 1.08 bits per heavy atom. The fourth-order valence-electron chi connectivity index (χ4n) is 2.50. The number of benzene rings is 2. The van der Waals surface area contributed by atoms with Crippen molar-refractivity contribution < 1.29 is 19.4 Å². The average Bonchev–Trinajstić information content (AvgIpc) is 2.61. The molecule has 0 saturated heterocycles. The number of nitrogen functional groups attached to an aromatic ring is 1. The lowest BCUT2D eigenvalue weighted by molar-refractivity contribution is -0.127. The van der Waals surface area contributed by atoms with Gasteiger partial charge in [-0.25, -0.2) is 4.79 Å². The highest BCUT2D eigenvalue weighted by Gasteiger charge is 2.15. The van der Waals surface area contributed by atoms with Gasteiger partial charge < -0.3 is 25.4 Å². The number of carboxylic acids is 1. The lowest BCUT2D eigenvalue weighted by atomic mass is 10.1. The number of carbonyl (C=O) groups excluding carboxylic acids is 1. The molecular formula is C19H23N3O4. The molecule has 0 aliphatic carbocycles. The largest absolute Gasteiger partial charge is 0.496 e. The quantitative estimate of drug-likeness (QED) is 0.771. The minimum Gasteiger partial charge on any atom is -0.496 e. The number of hydrogen-bond donors (Lipinski definition) is 2. The van der Waals surface area contributed by atoms with E-state index in [0.29, 0.717) is 11.4 Å². The van der Waals surface area contributed by atoms with Gasteiger partial charge in [-0.3, -0.25) is 4.79 Å². The Labute approximate surface area is 152 Å². The summed E-state index contributed by atoms with van der Waals surface area (Å²) in [6.07, 6.45) is 0.241. The van der Waals surface area contributed by atoms with Gasteiger partial charge in [0.15, 0.2) is 0 Å². The molecule has 0 aliphatic heterocycles. The smallest absolute Gasteiger partial charge is 0.337 e. The summed E-state index contributed by atoms with van der Waals surface area (Å²) >= 11 is 0. The zero-order chi connectivity index (χ0) is 19.4. The number of anilines is 3. The lowest BCUT2D eigenvalue weighted by Gasteiger charge is -2.22. The molecule has 0 unspecified atom stereocenters. The van der Waals surface area contributed by atoms with E-state index in [9.17, 15) is 14.7 Å². The second-order valence-corrected chi connectivity index (χ2v) is 6.10. The van der Waals surface area contributed by atoms with Crippen LogP contribution in [0, 0.1) is 0 Å². The molecular weight excluding hydrogens is 334 g/mol. The first-order valence-corrected chi connectivity index (χ1v) is 7.98. The number of carbonyl (C=O) groups is 2. The van der Waals surface area contributed by atoms with Crippen molar-refractivity contribution in [2.75, 3.05) is 38.9 Å². The van der Waals surface area contributed by atoms with Crippen LogP contribution in [-0.4, -0.2) is 50.1 Å². The molecule has 2 aromatic rings. The molecule has 0 aliphatic rings. The van der Waals surface area contributed by atoms with Crippen molar-refractivity contribution in [3.05, 3.63) is 47.5 Å². The minimum atomic E-state index is -1.08. The van der Waals surface area contributed by atoms with Crippen molar-refractivity contribution in [2.45, 2.75) is 6.42 Å². The molecule has 0 aromatic heterocycles. The summed E-state index contributed by atoms with van der Waals surface area (Å²) < 4.78 is 5.42. The molecule has 0 heterocycles. The molecule has 3 N–H and O–H groups in total. The summed E-state index contributed by atoms with van der Waals surface area (Å²) in [4.78, 5) is 26.6. The maximum absolute atomic E-state index is 11.9. The van der Waals surface area contributed by atoms with E-state index in [2.05, 4.69) is 0 Å². The van der Waals surface area contributed by atoms with Crippen LogP contribution in [0.25, 0.3) is 0 Å². The number of methoxy groups -OCH3 is 1. The second kappa shape index (κ2) is 7.77. The number of nitrogens with zero attached hydrogens (tertiary/aromatic N) is 2. The van der Waals surface area contributed by atoms with Crippen molar-refractivity contribution >= 4 is 28.9 Å². The molecule has 0 fully saturated rings. The molecule has 0 radical (unpaired) electrons. The number of ether oxygens (including phenoxy) is 1. The zero-order valence-electron chi connectivity index (χ0n) is 15.3. The van der Waals surface area contributed by atoms with Gasteiger partial charge in [-0.05, 0) is 24.3 Å². The van der Waals surface area contributed by atoms with Crippen LogP contribution >= 0.6 is 0 Å². The Kier molecular flexibility index (Phi) is 5.71. The fourth-order valence-corrected chi connectivity index (χ4v) is 2.50. The number of nitrogens with two attached hydrogens (primary N) is 1. The zero-order valence-corrected chi connectivity index (χ0v) is 15.3. The number of aromatic carboxylic acids is 1. The first kappa shape index (κ1) is 19.1. The van der Waals surface area contributed by atoms with Crippen LogP contribution in [0.4, 0.5) is 17.1 Å². The molecule has 0 saturated carbocycles. The summed E-state index contributed by atoms with van der Waals surface area (Å²) in [5.41, 5.74) is 8.23. The van der Waals surface area contributed by atoms with Crippen LogP contribution in [0.2, 0.25) is 0 Å². The van der Waals surface area contributed by atoms with Gasteiger partial charge >= 0.3 is 5.97 Å². The Bertz CT molecular complexity index is 834. The predicted octanol–water partition coefficient (Wildman–Crippen LogP) is 2.37. The SMILES string of the molecule is COc1cc(N(C)c2ccc(N)c(C(=O)O)c2)ccc1CC(=O)N(C)C. The normalized spacial score (nSPS) is 10.3. The van der Waals surface area contributed by atoms with Crippen molar-refractivity contribution in [1.82, 2.24) is 4.90 Å².